The van der Waals surface area contributed by atoms with Crippen molar-refractivity contribution in [3.05, 3.63) is 65.9 Å². The first-order chi connectivity index (χ1) is 10.6. The number of carbonyl (C=O) groups is 1. The fourth-order valence-corrected chi connectivity index (χ4v) is 2.05. The molecule has 1 N–H and O–H groups in total. The molecular formula is C15H9F2N3O2. The average molecular weight is 301 g/mol. The molecule has 0 atom stereocenters. The van der Waals surface area contributed by atoms with Crippen molar-refractivity contribution in [2.24, 2.45) is 0 Å². The first-order valence-electron chi connectivity index (χ1n) is 6.26. The Bertz CT molecular complexity index is 861. The summed E-state index contributed by atoms with van der Waals surface area (Å²) in [6.07, 6.45) is 1.39. The Hall–Kier alpha value is -3.09. The number of benzene rings is 2. The van der Waals surface area contributed by atoms with Crippen LogP contribution < -0.4 is 0 Å². The van der Waals surface area contributed by atoms with Gasteiger partial charge in [0.25, 0.3) is 0 Å². The number of halogens is 2. The maximum absolute atomic E-state index is 13.4. The fourth-order valence-electron chi connectivity index (χ4n) is 2.05. The highest BCUT2D eigenvalue weighted by Crippen LogP contribution is 2.23. The Labute approximate surface area is 123 Å². The van der Waals surface area contributed by atoms with E-state index in [1.54, 1.807) is 12.1 Å². The van der Waals surface area contributed by atoms with E-state index in [9.17, 15) is 13.6 Å². The van der Waals surface area contributed by atoms with Crippen molar-refractivity contribution in [2.75, 3.05) is 0 Å². The summed E-state index contributed by atoms with van der Waals surface area (Å²) >= 11 is 0. The molecule has 0 amide bonds. The second kappa shape index (κ2) is 5.36. The molecule has 110 valence electrons. The van der Waals surface area contributed by atoms with Gasteiger partial charge in [0.1, 0.15) is 0 Å². The molecule has 0 aliphatic heterocycles. The Morgan fingerprint density at radius 2 is 1.91 bits per heavy atom. The van der Waals surface area contributed by atoms with Crippen LogP contribution in [0.1, 0.15) is 10.4 Å². The highest BCUT2D eigenvalue weighted by atomic mass is 19.2. The van der Waals surface area contributed by atoms with E-state index >= 15 is 0 Å². The lowest BCUT2D eigenvalue weighted by atomic mass is 10.1. The lowest BCUT2D eigenvalue weighted by Gasteiger charge is -2.07. The Morgan fingerprint density at radius 3 is 2.64 bits per heavy atom. The van der Waals surface area contributed by atoms with Gasteiger partial charge in [-0.25, -0.2) is 18.3 Å². The lowest BCUT2D eigenvalue weighted by Crippen LogP contribution is -2.03. The molecule has 0 fully saturated rings. The third kappa shape index (κ3) is 2.44. The van der Waals surface area contributed by atoms with Crippen LogP contribution in [0.2, 0.25) is 0 Å². The molecule has 5 nitrogen and oxygen atoms in total. The molecule has 3 aromatic rings. The van der Waals surface area contributed by atoms with Gasteiger partial charge in [-0.1, -0.05) is 11.3 Å². The lowest BCUT2D eigenvalue weighted by molar-refractivity contribution is 0.0697. The molecule has 0 radical (unpaired) electrons. The van der Waals surface area contributed by atoms with E-state index in [4.69, 9.17) is 5.11 Å². The third-order valence-corrected chi connectivity index (χ3v) is 3.10. The Morgan fingerprint density at radius 1 is 1.09 bits per heavy atom. The number of hydrogen-bond donors (Lipinski definition) is 1. The van der Waals surface area contributed by atoms with Crippen molar-refractivity contribution >= 4 is 5.97 Å². The summed E-state index contributed by atoms with van der Waals surface area (Å²) in [5, 5.41) is 16.6. The zero-order valence-corrected chi connectivity index (χ0v) is 11.1. The minimum atomic E-state index is -1.07. The molecule has 0 bridgehead atoms. The van der Waals surface area contributed by atoms with Crippen LogP contribution in [-0.4, -0.2) is 26.1 Å². The van der Waals surface area contributed by atoms with Crippen LogP contribution in [0, 0.1) is 11.6 Å². The number of rotatable bonds is 3. The molecule has 3 rings (SSSR count). The van der Waals surface area contributed by atoms with Crippen molar-refractivity contribution in [1.29, 1.82) is 0 Å². The van der Waals surface area contributed by atoms with Crippen LogP contribution >= 0.6 is 0 Å². The van der Waals surface area contributed by atoms with Gasteiger partial charge in [-0.05, 0) is 36.4 Å². The molecule has 7 heteroatoms. The summed E-state index contributed by atoms with van der Waals surface area (Å²) in [6.45, 7) is 0. The summed E-state index contributed by atoms with van der Waals surface area (Å²) in [5.41, 5.74) is 1.34. The third-order valence-electron chi connectivity index (χ3n) is 3.10. The SMILES string of the molecule is O=C(O)c1cccc(-n2nncc2-c2ccc(F)c(F)c2)c1. The zero-order valence-electron chi connectivity index (χ0n) is 11.1. The summed E-state index contributed by atoms with van der Waals surface area (Å²) in [7, 11) is 0. The Kier molecular flexibility index (Phi) is 3.38. The largest absolute Gasteiger partial charge is 0.478 e. The van der Waals surface area contributed by atoms with Crippen molar-refractivity contribution in [1.82, 2.24) is 15.0 Å². The molecule has 0 spiro atoms. The van der Waals surface area contributed by atoms with Gasteiger partial charge in [0.15, 0.2) is 11.6 Å². The second-order valence-electron chi connectivity index (χ2n) is 4.52. The molecule has 0 unspecified atom stereocenters. The monoisotopic (exact) mass is 301 g/mol. The maximum atomic E-state index is 13.4. The molecular weight excluding hydrogens is 292 g/mol. The topological polar surface area (TPSA) is 68.0 Å². The van der Waals surface area contributed by atoms with Crippen LogP contribution in [0.25, 0.3) is 16.9 Å². The maximum Gasteiger partial charge on any atom is 0.335 e. The number of aromatic nitrogens is 3. The molecule has 0 saturated carbocycles. The van der Waals surface area contributed by atoms with E-state index in [0.717, 1.165) is 12.1 Å². The summed E-state index contributed by atoms with van der Waals surface area (Å²) in [6, 6.07) is 9.51. The molecule has 1 heterocycles. The fraction of sp³-hybridized carbons (Fsp3) is 0. The van der Waals surface area contributed by atoms with Crippen LogP contribution in [0.3, 0.4) is 0 Å². The predicted octanol–water partition coefficient (Wildman–Crippen LogP) is 2.91. The van der Waals surface area contributed by atoms with E-state index < -0.39 is 17.6 Å². The minimum absolute atomic E-state index is 0.0873. The highest BCUT2D eigenvalue weighted by molar-refractivity contribution is 5.88. The van der Waals surface area contributed by atoms with Crippen LogP contribution in [0.4, 0.5) is 8.78 Å². The van der Waals surface area contributed by atoms with E-state index in [1.807, 2.05) is 0 Å². The zero-order chi connectivity index (χ0) is 15.7. The number of carboxylic acid groups (broad SMARTS) is 1. The average Bonchev–Trinajstić information content (AvgIpc) is 2.99. The molecule has 0 aliphatic carbocycles. The molecule has 22 heavy (non-hydrogen) atoms. The number of carboxylic acids is 1. The van der Waals surface area contributed by atoms with Crippen molar-refractivity contribution in [2.45, 2.75) is 0 Å². The van der Waals surface area contributed by atoms with E-state index in [0.29, 0.717) is 16.9 Å². The van der Waals surface area contributed by atoms with Crippen molar-refractivity contribution in [3.8, 4) is 16.9 Å². The quantitative estimate of drug-likeness (QED) is 0.807. The van der Waals surface area contributed by atoms with Crippen molar-refractivity contribution < 1.29 is 18.7 Å². The van der Waals surface area contributed by atoms with Gasteiger partial charge in [-0.15, -0.1) is 5.10 Å². The number of aromatic carboxylic acids is 1. The normalized spacial score (nSPS) is 10.6. The van der Waals surface area contributed by atoms with E-state index in [2.05, 4.69) is 10.3 Å². The predicted molar refractivity (Wildman–Crippen MR) is 73.7 cm³/mol. The Balaban J connectivity index is 2.11. The summed E-state index contributed by atoms with van der Waals surface area (Å²) < 4.78 is 27.8. The van der Waals surface area contributed by atoms with Gasteiger partial charge in [0, 0.05) is 5.56 Å². The first-order valence-corrected chi connectivity index (χ1v) is 6.26. The summed E-state index contributed by atoms with van der Waals surface area (Å²) in [5.74, 6) is -3.00. The first kappa shape index (κ1) is 13.9. The van der Waals surface area contributed by atoms with Crippen LogP contribution in [-0.2, 0) is 0 Å². The van der Waals surface area contributed by atoms with Gasteiger partial charge in [0.05, 0.1) is 23.1 Å². The van der Waals surface area contributed by atoms with Gasteiger partial charge in [-0.3, -0.25) is 0 Å². The molecule has 2 aromatic carbocycles. The van der Waals surface area contributed by atoms with Crippen molar-refractivity contribution in [3.63, 3.8) is 0 Å². The van der Waals surface area contributed by atoms with E-state index in [1.165, 1.54) is 29.1 Å². The molecule has 0 saturated heterocycles. The van der Waals surface area contributed by atoms with Gasteiger partial charge in [-0.2, -0.15) is 0 Å². The second-order valence-corrected chi connectivity index (χ2v) is 4.52. The van der Waals surface area contributed by atoms with Crippen LogP contribution in [0.15, 0.2) is 48.7 Å². The molecule has 1 aromatic heterocycles. The van der Waals surface area contributed by atoms with Gasteiger partial charge < -0.3 is 5.11 Å². The minimum Gasteiger partial charge on any atom is -0.478 e. The summed E-state index contributed by atoms with van der Waals surface area (Å²) in [4.78, 5) is 11.0. The molecule has 0 aliphatic rings. The van der Waals surface area contributed by atoms with Gasteiger partial charge in [0.2, 0.25) is 0 Å². The van der Waals surface area contributed by atoms with E-state index in [-0.39, 0.29) is 5.56 Å². The van der Waals surface area contributed by atoms with Crippen LogP contribution in [0.5, 0.6) is 0 Å². The smallest absolute Gasteiger partial charge is 0.335 e. The number of hydrogen-bond acceptors (Lipinski definition) is 3. The van der Waals surface area contributed by atoms with Gasteiger partial charge >= 0.3 is 5.97 Å². The highest BCUT2D eigenvalue weighted by Gasteiger charge is 2.12. The standard InChI is InChI=1S/C15H9F2N3O2/c16-12-5-4-9(7-13(12)17)14-8-18-19-20(14)11-3-1-2-10(6-11)15(21)22/h1-8H,(H,21,22). The number of nitrogens with zero attached hydrogens (tertiary/aromatic N) is 3.